The Labute approximate surface area is 127 Å². The Bertz CT molecular complexity index is 438. The van der Waals surface area contributed by atoms with Gasteiger partial charge in [-0.3, -0.25) is 4.90 Å². The van der Waals surface area contributed by atoms with Crippen molar-refractivity contribution in [2.24, 2.45) is 0 Å². The van der Waals surface area contributed by atoms with Gasteiger partial charge in [0.25, 0.3) is 0 Å². The number of hydrogen-bond donors (Lipinski definition) is 1. The van der Waals surface area contributed by atoms with Crippen molar-refractivity contribution in [2.45, 2.75) is 32.9 Å². The smallest absolute Gasteiger partial charge is 0.126 e. The molecule has 1 aromatic rings. The van der Waals surface area contributed by atoms with Crippen LogP contribution in [0.4, 0.5) is 5.82 Å². The summed E-state index contributed by atoms with van der Waals surface area (Å²) in [6.45, 7) is 9.43. The van der Waals surface area contributed by atoms with Crippen molar-refractivity contribution in [2.75, 3.05) is 38.5 Å². The summed E-state index contributed by atoms with van der Waals surface area (Å²) in [5.74, 6) is 0.909. The number of hydrogen-bond acceptors (Lipinski definition) is 4. The molecule has 1 N–H and O–H groups in total. The Kier molecular flexibility index (Phi) is 5.64. The van der Waals surface area contributed by atoms with E-state index in [4.69, 9.17) is 11.6 Å². The molecule has 1 aromatic heterocycles. The van der Waals surface area contributed by atoms with Gasteiger partial charge in [-0.2, -0.15) is 0 Å². The molecule has 5 heteroatoms. The maximum absolute atomic E-state index is 6.31. The van der Waals surface area contributed by atoms with Crippen molar-refractivity contribution in [3.05, 3.63) is 22.8 Å². The fourth-order valence-electron chi connectivity index (χ4n) is 2.72. The summed E-state index contributed by atoms with van der Waals surface area (Å²) in [4.78, 5) is 9.52. The highest BCUT2D eigenvalue weighted by Crippen LogP contribution is 2.20. The van der Waals surface area contributed by atoms with E-state index in [2.05, 4.69) is 41.0 Å². The third kappa shape index (κ3) is 4.08. The van der Waals surface area contributed by atoms with Gasteiger partial charge in [-0.05, 0) is 46.0 Å². The van der Waals surface area contributed by atoms with Crippen molar-refractivity contribution < 1.29 is 0 Å². The molecule has 1 saturated heterocycles. The molecule has 4 nitrogen and oxygen atoms in total. The van der Waals surface area contributed by atoms with Gasteiger partial charge in [0.2, 0.25) is 0 Å². The lowest BCUT2D eigenvalue weighted by molar-refractivity contribution is 0.192. The molecular weight excluding hydrogens is 272 g/mol. The summed E-state index contributed by atoms with van der Waals surface area (Å²) in [5.41, 5.74) is 0.974. The topological polar surface area (TPSA) is 31.4 Å². The van der Waals surface area contributed by atoms with Gasteiger partial charge >= 0.3 is 0 Å². The zero-order valence-corrected chi connectivity index (χ0v) is 13.5. The first-order valence-electron chi connectivity index (χ1n) is 7.42. The van der Waals surface area contributed by atoms with Crippen molar-refractivity contribution >= 4 is 17.4 Å². The average Bonchev–Trinajstić information content (AvgIpc) is 2.55. The Morgan fingerprint density at radius 3 is 2.95 bits per heavy atom. The molecule has 0 amide bonds. The van der Waals surface area contributed by atoms with Crippen LogP contribution in [0.15, 0.2) is 12.1 Å². The Morgan fingerprint density at radius 2 is 2.20 bits per heavy atom. The minimum atomic E-state index is 0.531. The summed E-state index contributed by atoms with van der Waals surface area (Å²) in [6.07, 6.45) is 1.20. The second kappa shape index (κ2) is 7.25. The lowest BCUT2D eigenvalue weighted by Crippen LogP contribution is -2.37. The van der Waals surface area contributed by atoms with E-state index in [-0.39, 0.29) is 0 Å². The molecule has 0 aliphatic carbocycles. The molecule has 1 atom stereocenters. The Morgan fingerprint density at radius 1 is 1.40 bits per heavy atom. The summed E-state index contributed by atoms with van der Waals surface area (Å²) >= 11 is 6.31. The average molecular weight is 297 g/mol. The fraction of sp³-hybridized carbons (Fsp3) is 0.667. The number of anilines is 1. The van der Waals surface area contributed by atoms with Crippen LogP contribution in [0.25, 0.3) is 0 Å². The van der Waals surface area contributed by atoms with E-state index >= 15 is 0 Å². The Hall–Kier alpha value is -0.840. The van der Waals surface area contributed by atoms with E-state index in [1.54, 1.807) is 0 Å². The van der Waals surface area contributed by atoms with Crippen molar-refractivity contribution in [3.8, 4) is 0 Å². The Balaban J connectivity index is 2.09. The molecule has 1 fully saturated rings. The van der Waals surface area contributed by atoms with Gasteiger partial charge in [0.1, 0.15) is 5.82 Å². The molecule has 2 heterocycles. The number of likely N-dealkylation sites (N-methyl/N-ethyl adjacent to an activating group) is 1. The lowest BCUT2D eigenvalue weighted by atomic mass is 10.2. The molecule has 2 rings (SSSR count). The summed E-state index contributed by atoms with van der Waals surface area (Å²) in [5, 5.41) is 4.01. The van der Waals surface area contributed by atoms with Gasteiger partial charge in [-0.25, -0.2) is 4.98 Å². The number of aromatic nitrogens is 1. The highest BCUT2D eigenvalue weighted by Gasteiger charge is 2.21. The van der Waals surface area contributed by atoms with Crippen LogP contribution in [0.3, 0.4) is 0 Å². The molecule has 0 bridgehead atoms. The zero-order valence-electron chi connectivity index (χ0n) is 12.7. The van der Waals surface area contributed by atoms with Crippen LogP contribution < -0.4 is 5.32 Å². The first-order chi connectivity index (χ1) is 9.60. The molecule has 1 aliphatic heterocycles. The molecule has 1 aliphatic rings. The van der Waals surface area contributed by atoms with Gasteiger partial charge in [0.15, 0.2) is 0 Å². The molecule has 20 heavy (non-hydrogen) atoms. The highest BCUT2D eigenvalue weighted by molar-refractivity contribution is 6.31. The van der Waals surface area contributed by atoms with Gasteiger partial charge in [0, 0.05) is 32.2 Å². The normalized spacial score (nSPS) is 21.7. The maximum Gasteiger partial charge on any atom is 0.126 e. The monoisotopic (exact) mass is 296 g/mol. The minimum Gasteiger partial charge on any atom is -0.370 e. The van der Waals surface area contributed by atoms with Crippen molar-refractivity contribution in [1.29, 1.82) is 0 Å². The molecule has 0 saturated carbocycles. The third-order valence-corrected chi connectivity index (χ3v) is 4.16. The van der Waals surface area contributed by atoms with Gasteiger partial charge in [-0.1, -0.05) is 11.6 Å². The van der Waals surface area contributed by atoms with Crippen molar-refractivity contribution in [3.63, 3.8) is 0 Å². The van der Waals surface area contributed by atoms with E-state index in [0.717, 1.165) is 42.7 Å². The fourth-order valence-corrected chi connectivity index (χ4v) is 2.89. The van der Waals surface area contributed by atoms with Crippen LogP contribution >= 0.6 is 11.6 Å². The van der Waals surface area contributed by atoms with E-state index < -0.39 is 0 Å². The second-order valence-corrected chi connectivity index (χ2v) is 6.00. The molecule has 112 valence electrons. The SMILES string of the molecule is CCNc1ccc(Cl)c(CN2CCCN(C)CC2C)n1. The molecule has 0 spiro atoms. The number of nitrogens with zero attached hydrogens (tertiary/aromatic N) is 3. The van der Waals surface area contributed by atoms with Crippen LogP contribution in [0.2, 0.25) is 5.02 Å². The first-order valence-corrected chi connectivity index (χ1v) is 7.79. The van der Waals surface area contributed by atoms with E-state index in [1.165, 1.54) is 13.0 Å². The van der Waals surface area contributed by atoms with Gasteiger partial charge in [0.05, 0.1) is 10.7 Å². The lowest BCUT2D eigenvalue weighted by Gasteiger charge is -2.27. The second-order valence-electron chi connectivity index (χ2n) is 5.59. The van der Waals surface area contributed by atoms with Gasteiger partial charge in [-0.15, -0.1) is 0 Å². The predicted molar refractivity (Wildman–Crippen MR) is 85.4 cm³/mol. The summed E-state index contributed by atoms with van der Waals surface area (Å²) in [6, 6.07) is 4.41. The molecular formula is C15H25ClN4. The van der Waals surface area contributed by atoms with Crippen molar-refractivity contribution in [1.82, 2.24) is 14.8 Å². The number of pyridine rings is 1. The summed E-state index contributed by atoms with van der Waals surface area (Å²) < 4.78 is 0. The van der Waals surface area contributed by atoms with Crippen LogP contribution in [0, 0.1) is 0 Å². The van der Waals surface area contributed by atoms with Crippen LogP contribution in [0.5, 0.6) is 0 Å². The van der Waals surface area contributed by atoms with E-state index in [9.17, 15) is 0 Å². The highest BCUT2D eigenvalue weighted by atomic mass is 35.5. The minimum absolute atomic E-state index is 0.531. The number of nitrogens with one attached hydrogen (secondary N) is 1. The molecule has 1 unspecified atom stereocenters. The summed E-state index contributed by atoms with van der Waals surface area (Å²) in [7, 11) is 2.19. The largest absolute Gasteiger partial charge is 0.370 e. The van der Waals surface area contributed by atoms with E-state index in [1.807, 2.05) is 12.1 Å². The van der Waals surface area contributed by atoms with Crippen LogP contribution in [0.1, 0.15) is 26.0 Å². The predicted octanol–water partition coefficient (Wildman–Crippen LogP) is 2.69. The van der Waals surface area contributed by atoms with Gasteiger partial charge < -0.3 is 10.2 Å². The quantitative estimate of drug-likeness (QED) is 0.926. The van der Waals surface area contributed by atoms with Crippen LogP contribution in [-0.2, 0) is 6.54 Å². The number of halogens is 1. The molecule has 0 aromatic carbocycles. The maximum atomic E-state index is 6.31. The first kappa shape index (κ1) is 15.5. The standard InChI is InChI=1S/C15H25ClN4/c1-4-17-15-7-6-13(16)14(18-15)11-20-9-5-8-19(3)10-12(20)2/h6-7,12H,4-5,8-11H2,1-3H3,(H,17,18). The van der Waals surface area contributed by atoms with Crippen LogP contribution in [-0.4, -0.2) is 54.1 Å². The zero-order chi connectivity index (χ0) is 14.5. The van der Waals surface area contributed by atoms with E-state index in [0.29, 0.717) is 6.04 Å². The molecule has 0 radical (unpaired) electrons. The number of rotatable bonds is 4. The third-order valence-electron chi connectivity index (χ3n) is 3.81.